The third-order valence-electron chi connectivity index (χ3n) is 22.0. The number of aromatic amines is 4. The highest BCUT2D eigenvalue weighted by atomic mass is 35.5. The molecule has 4 aliphatic heterocycles. The second kappa shape index (κ2) is 30.6. The maximum Gasteiger partial charge on any atom is 0.172 e. The summed E-state index contributed by atoms with van der Waals surface area (Å²) in [7, 11) is 0. The molecule has 560 valence electrons. The number of aryl methyl sites for hydroxylation is 4. The third kappa shape index (κ3) is 13.6. The minimum absolute atomic E-state index is 0. The molecule has 16 aromatic rings. The Morgan fingerprint density at radius 2 is 0.411 bits per heavy atom. The number of nitrogens with one attached hydrogen (secondary N) is 4. The van der Waals surface area contributed by atoms with Crippen LogP contribution in [-0.4, -0.2) is 39.9 Å². The topological polar surface area (TPSA) is 204 Å². The number of fused-ring (bicyclic) bond motifs is 8. The van der Waals surface area contributed by atoms with Crippen molar-refractivity contribution in [3.63, 3.8) is 0 Å². The zero-order chi connectivity index (χ0) is 71.2. The van der Waals surface area contributed by atoms with Crippen molar-refractivity contribution in [2.24, 2.45) is 0 Å². The summed E-state index contributed by atoms with van der Waals surface area (Å²) in [5, 5.41) is 0. The second-order valence-electron chi connectivity index (χ2n) is 28.6. The Morgan fingerprint density at radius 3 is 0.607 bits per heavy atom. The Labute approximate surface area is 668 Å². The number of benzene rings is 8. The summed E-state index contributed by atoms with van der Waals surface area (Å²) in [6.45, 7) is 2.93. The van der Waals surface area contributed by atoms with E-state index >= 15 is 0 Å². The van der Waals surface area contributed by atoms with Gasteiger partial charge in [0.05, 0.1) is 69.4 Å². The van der Waals surface area contributed by atoms with Gasteiger partial charge in [0.1, 0.15) is 72.2 Å². The number of hydrogen-bond acceptors (Lipinski definition) is 12. The van der Waals surface area contributed by atoms with E-state index in [0.29, 0.717) is 140 Å². The summed E-state index contributed by atoms with van der Waals surface area (Å²) in [6.07, 6.45) is 29.6. The Kier molecular flexibility index (Phi) is 19.8. The molecule has 4 N–H and O–H groups in total. The van der Waals surface area contributed by atoms with Gasteiger partial charge in [-0.15, -0.1) is 0 Å². The van der Waals surface area contributed by atoms with E-state index in [0.717, 1.165) is 118 Å². The minimum Gasteiger partial charge on any atom is -1.00 e. The molecule has 24 heteroatoms. The average molecular weight is 1570 g/mol. The molecule has 8 aromatic carbocycles. The molecule has 0 amide bonds. The lowest BCUT2D eigenvalue weighted by Gasteiger charge is -2.30. The normalized spacial score (nSPS) is 15.5. The lowest BCUT2D eigenvalue weighted by molar-refractivity contribution is -0.697. The highest BCUT2D eigenvalue weighted by molar-refractivity contribution is 5.84. The van der Waals surface area contributed by atoms with Gasteiger partial charge >= 0.3 is 0 Å². The van der Waals surface area contributed by atoms with E-state index in [2.05, 4.69) is 209 Å². The second-order valence-corrected chi connectivity index (χ2v) is 28.6. The first-order chi connectivity index (χ1) is 53.4. The van der Waals surface area contributed by atoms with Crippen LogP contribution in [0.3, 0.4) is 0 Å². The van der Waals surface area contributed by atoms with Crippen LogP contribution >= 0.6 is 0 Å². The van der Waals surface area contributed by atoms with Gasteiger partial charge in [-0.1, -0.05) is 24.3 Å². The van der Waals surface area contributed by atoms with Gasteiger partial charge in [0.25, 0.3) is 0 Å². The molecule has 8 bridgehead atoms. The molecular formula is C88H72Cl4N12O8. The van der Waals surface area contributed by atoms with Gasteiger partial charge in [-0.3, -0.25) is 0 Å². The van der Waals surface area contributed by atoms with Crippen LogP contribution in [0.15, 0.2) is 245 Å². The molecule has 0 saturated heterocycles. The highest BCUT2D eigenvalue weighted by Crippen LogP contribution is 2.60. The fourth-order valence-corrected chi connectivity index (χ4v) is 16.8. The van der Waals surface area contributed by atoms with Crippen molar-refractivity contribution in [1.29, 1.82) is 0 Å². The fourth-order valence-electron chi connectivity index (χ4n) is 16.8. The zero-order valence-electron chi connectivity index (χ0n) is 60.2. The Balaban J connectivity index is 0.00000228. The molecule has 21 rings (SSSR count). The van der Waals surface area contributed by atoms with Gasteiger partial charge < -0.3 is 107 Å². The summed E-state index contributed by atoms with van der Waals surface area (Å²) in [6, 6.07) is 58.7. The predicted octanol–water partition coefficient (Wildman–Crippen LogP) is 6.71. The van der Waals surface area contributed by atoms with Gasteiger partial charge in [0.15, 0.2) is 95.6 Å². The van der Waals surface area contributed by atoms with Gasteiger partial charge in [-0.25, -0.2) is 38.2 Å². The first-order valence-electron chi connectivity index (χ1n) is 37.2. The smallest absolute Gasteiger partial charge is 0.172 e. The van der Waals surface area contributed by atoms with E-state index in [1.165, 1.54) is 0 Å². The van der Waals surface area contributed by atoms with Gasteiger partial charge in [-0.05, 0) is 49.9 Å². The van der Waals surface area contributed by atoms with Crippen LogP contribution in [0.5, 0.6) is 92.0 Å². The zero-order valence-corrected chi connectivity index (χ0v) is 63.3. The van der Waals surface area contributed by atoms with Crippen molar-refractivity contribution in [3.8, 4) is 92.0 Å². The standard InChI is InChI=1S/C88H72N12O8.4ClH/c1-5-21-97(22-6-1)29-13-17-53-57-33-59-54(18-14-30-98-23-7-2-8-24-98)61-35-63-56(20-16-32-100-27-11-4-12-28-100)64-36-62-55(19-15-31-99-25-9-3-10-26-99)60-34-58(53)74-46-76(60)104-84-40-68-70(94-51-92-68)42-86(84)106-78(62)48-80(64)108-88-44-72-71(95-52-96-72)43-87(88)107-79(63)47-77(61)105-85-41-69-67(91-50-93-69)39-83(85)103-75(59)45-73(57)101-81-37-65-66(90-49-89-65)38-82(81)102-74;;;;/h1-12,21-28,33-56H,13-20,29-32H2,(H,89,90)(H,91,93)(H,92,94)(H,95,96);4*1H/q+4;;;;/p-4/t53-,54+,55-,56?;;;;. The van der Waals surface area contributed by atoms with Crippen molar-refractivity contribution in [2.75, 3.05) is 0 Å². The van der Waals surface area contributed by atoms with E-state index in [1.54, 1.807) is 25.3 Å². The number of aromatic nitrogens is 12. The molecule has 1 unspecified atom stereocenters. The van der Waals surface area contributed by atoms with Crippen molar-refractivity contribution < 1.29 is 106 Å². The molecule has 8 aromatic heterocycles. The number of imidazole rings is 4. The van der Waals surface area contributed by atoms with E-state index < -0.39 is 23.7 Å². The number of pyridine rings is 4. The average Bonchev–Trinajstić information content (AvgIpc) is 1.43. The molecular weight excluding hydrogens is 1490 g/mol. The number of nitrogens with zero attached hydrogens (tertiary/aromatic N) is 8. The summed E-state index contributed by atoms with van der Waals surface area (Å²) < 4.78 is 70.3. The molecule has 5 aliphatic rings. The molecule has 112 heavy (non-hydrogen) atoms. The Bertz CT molecular complexity index is 5190. The van der Waals surface area contributed by atoms with Crippen LogP contribution in [0.4, 0.5) is 0 Å². The number of hydrogen-bond donors (Lipinski definition) is 4. The van der Waals surface area contributed by atoms with Crippen molar-refractivity contribution in [3.05, 3.63) is 289 Å². The van der Waals surface area contributed by atoms with Crippen LogP contribution < -0.4 is 106 Å². The Hall–Kier alpha value is -12.2. The molecule has 1 aliphatic carbocycles. The highest BCUT2D eigenvalue weighted by Gasteiger charge is 2.40. The van der Waals surface area contributed by atoms with Crippen LogP contribution in [0.25, 0.3) is 44.1 Å². The monoisotopic (exact) mass is 1560 g/mol. The number of H-pyrrole nitrogens is 4. The minimum atomic E-state index is -0.404. The largest absolute Gasteiger partial charge is 1.00 e. The van der Waals surface area contributed by atoms with Crippen molar-refractivity contribution in [2.45, 2.75) is 101 Å². The number of halogens is 4. The maximum absolute atomic E-state index is 7.66. The molecule has 0 radical (unpaired) electrons. The van der Waals surface area contributed by atoms with E-state index in [4.69, 9.17) is 57.8 Å². The van der Waals surface area contributed by atoms with Crippen LogP contribution in [0, 0.1) is 0 Å². The van der Waals surface area contributed by atoms with E-state index in [1.807, 2.05) is 48.5 Å². The molecule has 12 heterocycles. The van der Waals surface area contributed by atoms with Crippen LogP contribution in [0.1, 0.15) is 120 Å². The summed E-state index contributed by atoms with van der Waals surface area (Å²) >= 11 is 0. The molecule has 0 saturated carbocycles. The summed E-state index contributed by atoms with van der Waals surface area (Å²) in [5.41, 5.74) is 13.5. The Morgan fingerprint density at radius 1 is 0.223 bits per heavy atom. The fraction of sp³-hybridized carbons (Fsp3) is 0.182. The molecule has 20 nitrogen and oxygen atoms in total. The number of ether oxygens (including phenoxy) is 8. The maximum atomic E-state index is 7.66. The van der Waals surface area contributed by atoms with Crippen molar-refractivity contribution in [1.82, 2.24) is 39.9 Å². The van der Waals surface area contributed by atoms with Gasteiger partial charge in [0.2, 0.25) is 0 Å². The first-order valence-corrected chi connectivity index (χ1v) is 37.2. The third-order valence-corrected chi connectivity index (χ3v) is 22.0. The van der Waals surface area contributed by atoms with Gasteiger partial charge in [-0.2, -0.15) is 0 Å². The van der Waals surface area contributed by atoms with Crippen LogP contribution in [0.2, 0.25) is 0 Å². The molecule has 0 spiro atoms. The lowest BCUT2D eigenvalue weighted by Crippen LogP contribution is -3.00. The van der Waals surface area contributed by atoms with E-state index in [9.17, 15) is 0 Å². The predicted molar refractivity (Wildman–Crippen MR) is 402 cm³/mol. The quantitative estimate of drug-likeness (QED) is 0.0746. The lowest BCUT2D eigenvalue weighted by atomic mass is 9.76. The summed E-state index contributed by atoms with van der Waals surface area (Å²) in [4.78, 5) is 32.7. The number of rotatable bonds is 16. The first kappa shape index (κ1) is 72.6. The SMILES string of the molecule is [Cl-].[Cl-].[Cl-].[Cl-].c1cc[n+](CCCC2c3cc4c5cc3Oc3cc6[nH]cnc6cc3Oc3cc6c(cc32)[C@H](CCC[n+]2ccccc2)c2cc3c(cc2Oc2cc7nc[nH]c7cc2O6)Oc2cc6[nH]cnc6cc2Oc2cc(c(cc2[C@H]3CCC[n+]2ccccc2)[C@@H]4CCC[n+]2ccccc2)Oc2cc3[nH]cnc3cc2O5)cc1. The van der Waals surface area contributed by atoms with E-state index in [-0.39, 0.29) is 49.6 Å². The van der Waals surface area contributed by atoms with Crippen LogP contribution in [-0.2, 0) is 26.2 Å². The molecule has 4 atom stereocenters. The van der Waals surface area contributed by atoms with Crippen molar-refractivity contribution >= 4 is 44.1 Å². The summed E-state index contributed by atoms with van der Waals surface area (Å²) in [5.74, 6) is 6.90. The molecule has 0 fully saturated rings. The van der Waals surface area contributed by atoms with Gasteiger partial charge in [0, 0.05) is 215 Å².